The summed E-state index contributed by atoms with van der Waals surface area (Å²) in [5.41, 5.74) is 3.24. The zero-order valence-corrected chi connectivity index (χ0v) is 21.9. The van der Waals surface area contributed by atoms with E-state index in [9.17, 15) is 4.79 Å². The molecule has 0 saturated carbocycles. The Labute approximate surface area is 218 Å². The number of aromatic nitrogens is 1. The number of hydrogen-bond donors (Lipinski definition) is 1. The largest absolute Gasteiger partial charge is 0.494 e. The number of hydrogen-bond acceptors (Lipinski definition) is 6. The third kappa shape index (κ3) is 5.97. The maximum Gasteiger partial charge on any atom is 0.251 e. The van der Waals surface area contributed by atoms with Gasteiger partial charge in [0.1, 0.15) is 19.0 Å². The van der Waals surface area contributed by atoms with E-state index in [4.69, 9.17) is 14.2 Å². The van der Waals surface area contributed by atoms with Crippen LogP contribution in [-0.2, 0) is 13.1 Å². The molecule has 0 unspecified atom stereocenters. The van der Waals surface area contributed by atoms with Crippen LogP contribution in [0.15, 0.2) is 47.3 Å². The normalized spacial score (nSPS) is 16.1. The van der Waals surface area contributed by atoms with Gasteiger partial charge in [0.25, 0.3) is 5.56 Å². The van der Waals surface area contributed by atoms with Crippen LogP contribution in [-0.4, -0.2) is 55.0 Å². The Morgan fingerprint density at radius 3 is 2.56 bits per heavy atom. The predicted molar refractivity (Wildman–Crippen MR) is 145 cm³/mol. The molecular weight excluding hydrogens is 478 g/mol. The van der Waals surface area contributed by atoms with Crippen LogP contribution in [0.1, 0.15) is 30.9 Å². The molecule has 2 aromatic carbocycles. The fraction of sp³-hybridized carbons (Fsp3) is 0.464. The maximum atomic E-state index is 12.8. The van der Waals surface area contributed by atoms with Crippen LogP contribution in [0.2, 0.25) is 0 Å². The highest BCUT2D eigenvalue weighted by Crippen LogP contribution is 2.30. The number of fused-ring (bicyclic) bond motifs is 2. The van der Waals surface area contributed by atoms with E-state index in [1.54, 1.807) is 6.07 Å². The highest BCUT2D eigenvalue weighted by Gasteiger charge is 2.20. The summed E-state index contributed by atoms with van der Waals surface area (Å²) in [4.78, 5) is 15.3. The summed E-state index contributed by atoms with van der Waals surface area (Å²) in [5.74, 6) is 2.49. The third-order valence-electron chi connectivity index (χ3n) is 7.03. The number of ether oxygens (including phenoxy) is 3. The fourth-order valence-corrected chi connectivity index (χ4v) is 5.08. The minimum absolute atomic E-state index is 0. The van der Waals surface area contributed by atoms with Crippen LogP contribution in [0.3, 0.4) is 0 Å². The van der Waals surface area contributed by atoms with Crippen molar-refractivity contribution in [3.8, 4) is 17.2 Å². The molecule has 0 radical (unpaired) electrons. The van der Waals surface area contributed by atoms with Crippen molar-refractivity contribution in [2.45, 2.75) is 45.8 Å². The number of benzene rings is 2. The molecule has 8 heteroatoms. The summed E-state index contributed by atoms with van der Waals surface area (Å²) in [5, 5.41) is 4.81. The van der Waals surface area contributed by atoms with E-state index in [2.05, 4.69) is 28.4 Å². The van der Waals surface area contributed by atoms with Gasteiger partial charge in [-0.3, -0.25) is 4.79 Å². The van der Waals surface area contributed by atoms with Crippen molar-refractivity contribution in [1.82, 2.24) is 14.8 Å². The molecule has 0 atom stereocenters. The zero-order chi connectivity index (χ0) is 24.2. The van der Waals surface area contributed by atoms with Crippen molar-refractivity contribution in [3.63, 3.8) is 0 Å². The van der Waals surface area contributed by atoms with Crippen molar-refractivity contribution in [2.75, 3.05) is 39.5 Å². The molecule has 0 aliphatic carbocycles. The van der Waals surface area contributed by atoms with Gasteiger partial charge in [-0.05, 0) is 75.2 Å². The average molecular weight is 514 g/mol. The molecule has 3 aromatic rings. The standard InChI is InChI=1S/C28H35N3O4.ClH/c1-3-33-23-5-6-24-20(2)16-28(32)31(25(24)18-23)13-12-30-10-8-22(9-11-30)29-19-21-4-7-26-27(17-21)35-15-14-34-26;/h4-7,16-18,22,29H,3,8-15,19H2,1-2H3;1H. The van der Waals surface area contributed by atoms with E-state index in [1.807, 2.05) is 36.6 Å². The molecular formula is C28H36ClN3O4. The number of likely N-dealkylation sites (tertiary alicyclic amines) is 1. The molecule has 1 N–H and O–H groups in total. The molecule has 1 aromatic heterocycles. The van der Waals surface area contributed by atoms with Crippen LogP contribution in [0.5, 0.6) is 17.2 Å². The Kier molecular flexibility index (Phi) is 8.77. The van der Waals surface area contributed by atoms with E-state index >= 15 is 0 Å². The first kappa shape index (κ1) is 26.3. The summed E-state index contributed by atoms with van der Waals surface area (Å²) in [7, 11) is 0. The van der Waals surface area contributed by atoms with E-state index in [1.165, 1.54) is 5.56 Å². The van der Waals surface area contributed by atoms with Gasteiger partial charge in [-0.25, -0.2) is 0 Å². The lowest BCUT2D eigenvalue weighted by Gasteiger charge is -2.32. The lowest BCUT2D eigenvalue weighted by Crippen LogP contribution is -2.43. The summed E-state index contributed by atoms with van der Waals surface area (Å²) < 4.78 is 18.9. The van der Waals surface area contributed by atoms with Crippen LogP contribution in [0.4, 0.5) is 0 Å². The number of pyridine rings is 1. The number of piperidine rings is 1. The monoisotopic (exact) mass is 513 g/mol. The van der Waals surface area contributed by atoms with Crippen LogP contribution in [0, 0.1) is 6.92 Å². The quantitative estimate of drug-likeness (QED) is 0.488. The van der Waals surface area contributed by atoms with Gasteiger partial charge in [-0.1, -0.05) is 6.07 Å². The summed E-state index contributed by atoms with van der Waals surface area (Å²) in [6.45, 7) is 10.2. The molecule has 0 spiro atoms. The second-order valence-electron chi connectivity index (χ2n) is 9.40. The van der Waals surface area contributed by atoms with Crippen LogP contribution >= 0.6 is 12.4 Å². The van der Waals surface area contributed by atoms with Gasteiger partial charge in [0, 0.05) is 43.2 Å². The Balaban J connectivity index is 0.00000304. The molecule has 1 saturated heterocycles. The maximum absolute atomic E-state index is 12.8. The first-order valence-corrected chi connectivity index (χ1v) is 12.7. The van der Waals surface area contributed by atoms with Crippen LogP contribution < -0.4 is 25.1 Å². The highest BCUT2D eigenvalue weighted by atomic mass is 35.5. The number of nitrogens with one attached hydrogen (secondary N) is 1. The Morgan fingerprint density at radius 2 is 1.78 bits per heavy atom. The van der Waals surface area contributed by atoms with Crippen molar-refractivity contribution in [3.05, 3.63) is 63.9 Å². The van der Waals surface area contributed by atoms with E-state index in [0.717, 1.165) is 72.7 Å². The SMILES string of the molecule is CCOc1ccc2c(C)cc(=O)n(CCN3CCC(NCc4ccc5c(c4)OCCO5)CC3)c2c1.Cl. The summed E-state index contributed by atoms with van der Waals surface area (Å²) in [6, 6.07) is 14.5. The second kappa shape index (κ2) is 12.0. The third-order valence-corrected chi connectivity index (χ3v) is 7.03. The molecule has 2 aliphatic heterocycles. The number of halogens is 1. The van der Waals surface area contributed by atoms with E-state index < -0.39 is 0 Å². The molecule has 36 heavy (non-hydrogen) atoms. The van der Waals surface area contributed by atoms with E-state index in [-0.39, 0.29) is 18.0 Å². The molecule has 3 heterocycles. The minimum atomic E-state index is 0. The van der Waals surface area contributed by atoms with Gasteiger partial charge in [0.2, 0.25) is 0 Å². The first-order chi connectivity index (χ1) is 17.1. The van der Waals surface area contributed by atoms with Gasteiger partial charge < -0.3 is 29.0 Å². The van der Waals surface area contributed by atoms with Crippen molar-refractivity contribution in [1.29, 1.82) is 0 Å². The number of nitrogens with zero attached hydrogens (tertiary/aromatic N) is 2. The number of rotatable bonds is 8. The van der Waals surface area contributed by atoms with Gasteiger partial charge >= 0.3 is 0 Å². The molecule has 2 aliphatic rings. The van der Waals surface area contributed by atoms with Crippen molar-refractivity contribution in [2.24, 2.45) is 0 Å². The molecule has 7 nitrogen and oxygen atoms in total. The molecule has 5 rings (SSSR count). The van der Waals surface area contributed by atoms with E-state index in [0.29, 0.717) is 32.4 Å². The van der Waals surface area contributed by atoms with Gasteiger partial charge in [0.05, 0.1) is 12.1 Å². The van der Waals surface area contributed by atoms with Crippen molar-refractivity contribution >= 4 is 23.3 Å². The summed E-state index contributed by atoms with van der Waals surface area (Å²) >= 11 is 0. The predicted octanol–water partition coefficient (Wildman–Crippen LogP) is 4.16. The molecule has 194 valence electrons. The second-order valence-corrected chi connectivity index (χ2v) is 9.40. The Hall–Kier alpha value is -2.74. The highest BCUT2D eigenvalue weighted by molar-refractivity contribution is 5.85. The molecule has 0 amide bonds. The Morgan fingerprint density at radius 1 is 1.00 bits per heavy atom. The topological polar surface area (TPSA) is 65.0 Å². The zero-order valence-electron chi connectivity index (χ0n) is 21.1. The average Bonchev–Trinajstić information content (AvgIpc) is 2.88. The minimum Gasteiger partial charge on any atom is -0.494 e. The van der Waals surface area contributed by atoms with Gasteiger partial charge in [-0.15, -0.1) is 12.4 Å². The first-order valence-electron chi connectivity index (χ1n) is 12.7. The Bertz CT molecular complexity index is 1240. The lowest BCUT2D eigenvalue weighted by atomic mass is 10.0. The van der Waals surface area contributed by atoms with Crippen molar-refractivity contribution < 1.29 is 14.2 Å². The molecule has 1 fully saturated rings. The molecule has 0 bridgehead atoms. The number of aryl methyl sites for hydroxylation is 1. The van der Waals surface area contributed by atoms with Gasteiger partial charge in [0.15, 0.2) is 11.5 Å². The summed E-state index contributed by atoms with van der Waals surface area (Å²) in [6.07, 6.45) is 2.20. The smallest absolute Gasteiger partial charge is 0.251 e. The van der Waals surface area contributed by atoms with Crippen LogP contribution in [0.25, 0.3) is 10.9 Å². The fourth-order valence-electron chi connectivity index (χ4n) is 5.08. The lowest BCUT2D eigenvalue weighted by molar-refractivity contribution is 0.171. The van der Waals surface area contributed by atoms with Gasteiger partial charge in [-0.2, -0.15) is 0 Å².